The van der Waals surface area contributed by atoms with Crippen LogP contribution in [0.4, 0.5) is 0 Å². The van der Waals surface area contributed by atoms with E-state index in [1.54, 1.807) is 11.3 Å². The van der Waals surface area contributed by atoms with Gasteiger partial charge in [-0.1, -0.05) is 42.5 Å². The van der Waals surface area contributed by atoms with Gasteiger partial charge >= 0.3 is 0 Å². The number of rotatable bonds is 4. The van der Waals surface area contributed by atoms with Crippen LogP contribution in [0.15, 0.2) is 58.1 Å². The van der Waals surface area contributed by atoms with Gasteiger partial charge in [0.05, 0.1) is 10.8 Å². The Labute approximate surface area is 194 Å². The number of likely N-dealkylation sites (tertiary alicyclic amines) is 1. The van der Waals surface area contributed by atoms with E-state index >= 15 is 0 Å². The van der Waals surface area contributed by atoms with Gasteiger partial charge in [0, 0.05) is 30.3 Å². The monoisotopic (exact) mass is 462 g/mol. The van der Waals surface area contributed by atoms with Gasteiger partial charge in [0.25, 0.3) is 0 Å². The molecule has 4 heterocycles. The van der Waals surface area contributed by atoms with E-state index in [0.29, 0.717) is 11.7 Å². The summed E-state index contributed by atoms with van der Waals surface area (Å²) in [4.78, 5) is 2.58. The molecule has 2 aliphatic rings. The van der Waals surface area contributed by atoms with Crippen LogP contribution in [0.25, 0.3) is 22.2 Å². The lowest BCUT2D eigenvalue weighted by Crippen LogP contribution is -2.35. The number of fused-ring (bicyclic) bond motifs is 4. The van der Waals surface area contributed by atoms with E-state index in [4.69, 9.17) is 0 Å². The van der Waals surface area contributed by atoms with Crippen LogP contribution in [0.1, 0.15) is 30.1 Å². The molecule has 1 fully saturated rings. The summed E-state index contributed by atoms with van der Waals surface area (Å²) in [5.74, 6) is 3.07. The van der Waals surface area contributed by atoms with Crippen molar-refractivity contribution in [2.45, 2.75) is 35.9 Å². The summed E-state index contributed by atoms with van der Waals surface area (Å²) in [5.41, 5.74) is 2.42. The molecule has 4 aromatic rings. The Morgan fingerprint density at radius 2 is 1.84 bits per heavy atom. The van der Waals surface area contributed by atoms with Crippen molar-refractivity contribution in [3.8, 4) is 11.4 Å². The highest BCUT2D eigenvalue weighted by atomic mass is 32.2. The zero-order valence-corrected chi connectivity index (χ0v) is 19.6. The molecule has 164 valence electrons. The van der Waals surface area contributed by atoms with E-state index in [0.717, 1.165) is 66.9 Å². The normalized spacial score (nSPS) is 19.6. The molecule has 6 rings (SSSR count). The number of benzene rings is 2. The third-order valence-corrected chi connectivity index (χ3v) is 9.58. The van der Waals surface area contributed by atoms with Crippen molar-refractivity contribution >= 4 is 32.9 Å². The molecule has 0 amide bonds. The Bertz CT molecular complexity index is 1290. The maximum Gasteiger partial charge on any atom is 0.166 e. The summed E-state index contributed by atoms with van der Waals surface area (Å²) in [6.45, 7) is 4.03. The van der Waals surface area contributed by atoms with Crippen LogP contribution >= 0.6 is 11.3 Å². The predicted octanol–water partition coefficient (Wildman–Crippen LogP) is 4.70. The molecular weight excluding hydrogens is 436 g/mol. The van der Waals surface area contributed by atoms with Gasteiger partial charge in [0.2, 0.25) is 0 Å². The minimum absolute atomic E-state index is 0.432. The highest BCUT2D eigenvalue weighted by Crippen LogP contribution is 2.36. The first-order chi connectivity index (χ1) is 15.8. The SMILES string of the molecule is O=S1CCn2c(nnc2C2CCN(CCc3ccc4ccccc4c3)CC2)-c2ccsc21. The highest BCUT2D eigenvalue weighted by Gasteiger charge is 2.29. The average Bonchev–Trinajstić information content (AvgIpc) is 3.46. The van der Waals surface area contributed by atoms with E-state index in [1.165, 1.54) is 16.3 Å². The molecule has 1 unspecified atom stereocenters. The van der Waals surface area contributed by atoms with E-state index < -0.39 is 10.8 Å². The van der Waals surface area contributed by atoms with Gasteiger partial charge in [-0.3, -0.25) is 4.21 Å². The van der Waals surface area contributed by atoms with Gasteiger partial charge < -0.3 is 9.47 Å². The predicted molar refractivity (Wildman–Crippen MR) is 131 cm³/mol. The molecule has 2 aromatic carbocycles. The lowest BCUT2D eigenvalue weighted by molar-refractivity contribution is 0.210. The van der Waals surface area contributed by atoms with E-state index in [9.17, 15) is 4.21 Å². The van der Waals surface area contributed by atoms with Gasteiger partial charge in [-0.25, -0.2) is 0 Å². The number of aromatic nitrogens is 3. The minimum atomic E-state index is -0.933. The molecule has 0 saturated carbocycles. The Hall–Kier alpha value is -2.35. The lowest BCUT2D eigenvalue weighted by atomic mass is 9.95. The molecule has 1 atom stereocenters. The first-order valence-corrected chi connectivity index (χ1v) is 13.6. The van der Waals surface area contributed by atoms with Gasteiger partial charge in [0.1, 0.15) is 10.0 Å². The van der Waals surface area contributed by atoms with Crippen LogP contribution in [-0.2, 0) is 23.8 Å². The largest absolute Gasteiger partial charge is 0.310 e. The molecule has 0 bridgehead atoms. The fourth-order valence-corrected chi connectivity index (χ4v) is 7.44. The smallest absolute Gasteiger partial charge is 0.166 e. The molecule has 0 N–H and O–H groups in total. The van der Waals surface area contributed by atoms with Crippen LogP contribution in [-0.4, -0.2) is 49.3 Å². The Morgan fingerprint density at radius 3 is 2.72 bits per heavy atom. The summed E-state index contributed by atoms with van der Waals surface area (Å²) in [6, 6.07) is 17.5. The van der Waals surface area contributed by atoms with E-state index in [1.807, 2.05) is 11.4 Å². The maximum atomic E-state index is 12.6. The molecular formula is C25H26N4OS2. The van der Waals surface area contributed by atoms with Crippen molar-refractivity contribution in [1.82, 2.24) is 19.7 Å². The number of nitrogens with zero attached hydrogens (tertiary/aromatic N) is 4. The molecule has 32 heavy (non-hydrogen) atoms. The van der Waals surface area contributed by atoms with E-state index in [2.05, 4.69) is 62.1 Å². The summed E-state index contributed by atoms with van der Waals surface area (Å²) >= 11 is 1.57. The zero-order valence-electron chi connectivity index (χ0n) is 17.9. The second-order valence-electron chi connectivity index (χ2n) is 8.75. The molecule has 1 saturated heterocycles. The second kappa shape index (κ2) is 8.54. The van der Waals surface area contributed by atoms with Crippen molar-refractivity contribution in [3.05, 3.63) is 65.3 Å². The van der Waals surface area contributed by atoms with Gasteiger partial charge in [-0.15, -0.1) is 21.5 Å². The van der Waals surface area contributed by atoms with E-state index in [-0.39, 0.29) is 0 Å². The first-order valence-electron chi connectivity index (χ1n) is 11.4. The quantitative estimate of drug-likeness (QED) is 0.441. The summed E-state index contributed by atoms with van der Waals surface area (Å²) in [7, 11) is -0.933. The molecule has 2 aliphatic heterocycles. The van der Waals surface area contributed by atoms with Gasteiger partial charge in [-0.2, -0.15) is 0 Å². The standard InChI is InChI=1S/C25H26N4OS2/c30-32-16-14-29-23(26-27-24(29)22-10-15-31-25(22)32)20-8-12-28(13-9-20)11-7-18-5-6-19-3-1-2-4-21(19)17-18/h1-6,10,15,17,20H,7-9,11-14,16H2. The van der Waals surface area contributed by atoms with Crippen molar-refractivity contribution in [2.75, 3.05) is 25.4 Å². The molecule has 5 nitrogen and oxygen atoms in total. The van der Waals surface area contributed by atoms with Crippen molar-refractivity contribution in [1.29, 1.82) is 0 Å². The molecule has 7 heteroatoms. The number of hydrogen-bond acceptors (Lipinski definition) is 5. The topological polar surface area (TPSA) is 51.0 Å². The third-order valence-electron chi connectivity index (χ3n) is 6.84. The zero-order chi connectivity index (χ0) is 21.5. The van der Waals surface area contributed by atoms with Crippen LogP contribution in [0.2, 0.25) is 0 Å². The van der Waals surface area contributed by atoms with Crippen LogP contribution in [0.3, 0.4) is 0 Å². The highest BCUT2D eigenvalue weighted by molar-refractivity contribution is 7.87. The summed E-state index contributed by atoms with van der Waals surface area (Å²) in [5, 5.41) is 13.8. The van der Waals surface area contributed by atoms with Crippen molar-refractivity contribution in [3.63, 3.8) is 0 Å². The number of piperidine rings is 1. The van der Waals surface area contributed by atoms with Crippen molar-refractivity contribution < 1.29 is 4.21 Å². The molecule has 0 radical (unpaired) electrons. The average molecular weight is 463 g/mol. The van der Waals surface area contributed by atoms with Crippen LogP contribution < -0.4 is 0 Å². The number of hydrogen-bond donors (Lipinski definition) is 0. The fourth-order valence-electron chi connectivity index (χ4n) is 5.04. The maximum absolute atomic E-state index is 12.6. The molecule has 2 aromatic heterocycles. The lowest BCUT2D eigenvalue weighted by Gasteiger charge is -2.31. The van der Waals surface area contributed by atoms with Crippen molar-refractivity contribution in [2.24, 2.45) is 0 Å². The van der Waals surface area contributed by atoms with Gasteiger partial charge in [-0.05, 0) is 60.1 Å². The summed E-state index contributed by atoms with van der Waals surface area (Å²) in [6.07, 6.45) is 3.30. The third kappa shape index (κ3) is 3.72. The van der Waals surface area contributed by atoms with Gasteiger partial charge in [0.15, 0.2) is 5.82 Å². The first kappa shape index (κ1) is 20.3. The second-order valence-corrected chi connectivity index (χ2v) is 11.4. The molecule has 0 spiro atoms. The fraction of sp³-hybridized carbons (Fsp3) is 0.360. The minimum Gasteiger partial charge on any atom is -0.310 e. The Balaban J connectivity index is 1.11. The summed E-state index contributed by atoms with van der Waals surface area (Å²) < 4.78 is 15.8. The van der Waals surface area contributed by atoms with Crippen LogP contribution in [0, 0.1) is 0 Å². The Morgan fingerprint density at radius 1 is 1.00 bits per heavy atom. The number of thiophene rings is 1. The van der Waals surface area contributed by atoms with Crippen LogP contribution in [0.5, 0.6) is 0 Å². The molecule has 0 aliphatic carbocycles. The Kier molecular flexibility index (Phi) is 5.41.